The van der Waals surface area contributed by atoms with Crippen LogP contribution >= 0.6 is 25.3 Å². The summed E-state index contributed by atoms with van der Waals surface area (Å²) < 4.78 is 0. The molecule has 0 saturated heterocycles. The Morgan fingerprint density at radius 3 is 1.65 bits per heavy atom. The molecular formula is C52H75N15O9S2. The van der Waals surface area contributed by atoms with E-state index in [0.717, 1.165) is 17.3 Å². The van der Waals surface area contributed by atoms with Gasteiger partial charge in [-0.15, -0.1) is 0 Å². The maximum Gasteiger partial charge on any atom is 0.244 e. The number of fused-ring (bicyclic) bond motifs is 1. The van der Waals surface area contributed by atoms with Gasteiger partial charge in [-0.05, 0) is 48.8 Å². The number of amides is 9. The van der Waals surface area contributed by atoms with E-state index in [-0.39, 0.29) is 68.5 Å². The predicted octanol–water partition coefficient (Wildman–Crippen LogP) is -0.548. The number of primary amides is 1. The topological polar surface area (TPSA) is 385 Å². The number of aliphatic imine (C=N–C) groups is 1. The molecule has 0 spiro atoms. The molecule has 9 amide bonds. The van der Waals surface area contributed by atoms with Crippen LogP contribution in [0.5, 0.6) is 0 Å². The van der Waals surface area contributed by atoms with E-state index >= 15 is 0 Å². The molecule has 0 aliphatic heterocycles. The fraction of sp³-hybridized carbons (Fsp3) is 0.481. The monoisotopic (exact) mass is 1120 g/mol. The van der Waals surface area contributed by atoms with Crippen molar-refractivity contribution in [3.05, 3.63) is 90.1 Å². The highest BCUT2D eigenvalue weighted by molar-refractivity contribution is 7.80. The fourth-order valence-electron chi connectivity index (χ4n) is 8.32. The molecule has 4 aromatic rings. The second-order valence-corrected chi connectivity index (χ2v) is 19.9. The van der Waals surface area contributed by atoms with E-state index in [4.69, 9.17) is 17.2 Å². The van der Waals surface area contributed by atoms with Crippen molar-refractivity contribution in [2.24, 2.45) is 28.1 Å². The molecule has 0 unspecified atom stereocenters. The number of guanidine groups is 1. The third-order valence-corrected chi connectivity index (χ3v) is 13.1. The number of unbranched alkanes of at least 4 members (excludes halogenated alkanes) is 1. The van der Waals surface area contributed by atoms with E-state index < -0.39 is 101 Å². The van der Waals surface area contributed by atoms with E-state index in [1.165, 1.54) is 19.4 Å². The average molecular weight is 1120 g/mol. The summed E-state index contributed by atoms with van der Waals surface area (Å²) in [4.78, 5) is 138. The van der Waals surface area contributed by atoms with Gasteiger partial charge in [-0.25, -0.2) is 4.98 Å². The molecule has 2 aromatic carbocycles. The third kappa shape index (κ3) is 20.7. The van der Waals surface area contributed by atoms with Gasteiger partial charge in [0.05, 0.1) is 6.33 Å². The first kappa shape index (κ1) is 62.9. The van der Waals surface area contributed by atoms with E-state index in [1.807, 2.05) is 45.0 Å². The number of aromatic amines is 2. The number of hydrogen-bond donors (Lipinski definition) is 15. The Morgan fingerprint density at radius 1 is 0.590 bits per heavy atom. The summed E-state index contributed by atoms with van der Waals surface area (Å²) in [6.45, 7) is 6.93. The first-order chi connectivity index (χ1) is 37.2. The van der Waals surface area contributed by atoms with Crippen LogP contribution in [-0.2, 0) is 62.4 Å². The predicted molar refractivity (Wildman–Crippen MR) is 301 cm³/mol. The van der Waals surface area contributed by atoms with Gasteiger partial charge in [0, 0.05) is 73.2 Å². The van der Waals surface area contributed by atoms with Gasteiger partial charge in [0.2, 0.25) is 53.2 Å². The molecule has 16 N–H and O–H groups in total. The standard InChI is InChI=1S/C52H75N15O9S2/c1-5-6-16-36(60-30(4)68)45(70)67-43(27-78)51(76)62-38(20-29(2)3)47(72)65-41(23-33-25-56-28-59-33)50(75)63-39(21-31-13-8-7-9-14-31)48(73)61-37(18-12-19-57-52(54)55)46(71)64-40(49(74)66-42(26-77)44(53)69)22-32-24-58-35-17-11-10-15-34(32)35/h7-11,13-15,17,24-25,28-29,36-43,58,77-78H,5-6,12,16,18-23,26-27H2,1-4H3,(H2,53,69)(H,56,59)(H,60,68)(H,61,73)(H,62,76)(H,63,75)(H,64,71)(H,65,72)(H,66,74)(H,67,70)(H4,54,55,57)/t36-,37-,38+,39+,40-,41-,42-,43-/m0/s1. The molecule has 78 heavy (non-hydrogen) atoms. The third-order valence-electron chi connectivity index (χ3n) is 12.4. The van der Waals surface area contributed by atoms with Gasteiger partial charge in [0.25, 0.3) is 0 Å². The number of H-pyrrole nitrogens is 2. The largest absolute Gasteiger partial charge is 0.370 e. The Morgan fingerprint density at radius 2 is 1.09 bits per heavy atom. The van der Waals surface area contributed by atoms with Crippen LogP contribution in [0.2, 0.25) is 0 Å². The summed E-state index contributed by atoms with van der Waals surface area (Å²) in [7, 11) is 0. The van der Waals surface area contributed by atoms with Crippen molar-refractivity contribution in [3.63, 3.8) is 0 Å². The summed E-state index contributed by atoms with van der Waals surface area (Å²) in [6.07, 6.45) is 6.14. The molecule has 2 heterocycles. The highest BCUT2D eigenvalue weighted by Gasteiger charge is 2.35. The molecule has 0 radical (unpaired) electrons. The molecule has 24 nitrogen and oxygen atoms in total. The second-order valence-electron chi connectivity index (χ2n) is 19.2. The van der Waals surface area contributed by atoms with Crippen LogP contribution < -0.4 is 59.7 Å². The number of aromatic nitrogens is 3. The minimum Gasteiger partial charge on any atom is -0.370 e. The van der Waals surface area contributed by atoms with Crippen molar-refractivity contribution in [2.45, 2.75) is 134 Å². The Balaban J connectivity index is 1.65. The average Bonchev–Trinajstić information content (AvgIpc) is 4.09. The summed E-state index contributed by atoms with van der Waals surface area (Å²) in [6, 6.07) is 6.04. The quantitative estimate of drug-likeness (QED) is 0.0124. The summed E-state index contributed by atoms with van der Waals surface area (Å²) in [5.41, 5.74) is 19.2. The number of nitrogens with one attached hydrogen (secondary N) is 10. The van der Waals surface area contributed by atoms with Gasteiger partial charge in [-0.2, -0.15) is 25.3 Å². The number of imidazole rings is 1. The number of benzene rings is 2. The van der Waals surface area contributed by atoms with Gasteiger partial charge >= 0.3 is 0 Å². The lowest BCUT2D eigenvalue weighted by Gasteiger charge is -2.28. The highest BCUT2D eigenvalue weighted by atomic mass is 32.1. The van der Waals surface area contributed by atoms with Crippen LogP contribution in [0.25, 0.3) is 10.9 Å². The van der Waals surface area contributed by atoms with Crippen LogP contribution in [-0.4, -0.2) is 140 Å². The molecule has 0 fully saturated rings. The minimum absolute atomic E-state index is 0.0576. The van der Waals surface area contributed by atoms with Gasteiger partial charge in [-0.1, -0.05) is 82.1 Å². The Labute approximate surface area is 464 Å². The molecule has 0 aliphatic carbocycles. The van der Waals surface area contributed by atoms with E-state index in [2.05, 4.69) is 87.7 Å². The maximum absolute atomic E-state index is 14.7. The molecule has 0 saturated carbocycles. The van der Waals surface area contributed by atoms with E-state index in [1.54, 1.807) is 36.5 Å². The zero-order valence-corrected chi connectivity index (χ0v) is 46.1. The van der Waals surface area contributed by atoms with Gasteiger partial charge in [0.15, 0.2) is 5.96 Å². The van der Waals surface area contributed by atoms with E-state index in [9.17, 15) is 43.2 Å². The van der Waals surface area contributed by atoms with Crippen molar-refractivity contribution in [1.82, 2.24) is 57.5 Å². The zero-order chi connectivity index (χ0) is 57.3. The van der Waals surface area contributed by atoms with Gasteiger partial charge in [0.1, 0.15) is 48.3 Å². The number of thiol groups is 2. The highest BCUT2D eigenvalue weighted by Crippen LogP contribution is 2.20. The number of nitrogens with two attached hydrogens (primary N) is 3. The molecule has 8 atom stereocenters. The van der Waals surface area contributed by atoms with Crippen LogP contribution in [0.3, 0.4) is 0 Å². The van der Waals surface area contributed by atoms with Crippen molar-refractivity contribution < 1.29 is 43.2 Å². The Kier molecular flexibility index (Phi) is 26.0. The molecule has 0 bridgehead atoms. The lowest BCUT2D eigenvalue weighted by molar-refractivity contribution is -0.135. The Hall–Kier alpha value is -7.61. The maximum atomic E-state index is 14.7. The number of carbonyl (C=O) groups is 9. The number of nitrogens with zero attached hydrogens (tertiary/aromatic N) is 2. The molecule has 424 valence electrons. The van der Waals surface area contributed by atoms with Gasteiger partial charge < -0.3 is 69.7 Å². The van der Waals surface area contributed by atoms with Crippen molar-refractivity contribution in [1.29, 1.82) is 0 Å². The van der Waals surface area contributed by atoms with Crippen molar-refractivity contribution in [2.75, 3.05) is 18.1 Å². The smallest absolute Gasteiger partial charge is 0.244 e. The summed E-state index contributed by atoms with van der Waals surface area (Å²) >= 11 is 8.46. The molecule has 26 heteroatoms. The SMILES string of the molecule is CCCC[C@H](NC(C)=O)C(=O)N[C@@H](CS)C(=O)N[C@H](CC(C)C)C(=O)N[C@@H](Cc1cnc[nH]1)C(=O)N[C@H](Cc1ccccc1)C(=O)N[C@@H](CCCN=C(N)N)C(=O)N[C@@H](Cc1c[nH]c2ccccc12)C(=O)N[C@@H](CS)C(N)=O. The van der Waals surface area contributed by atoms with Crippen molar-refractivity contribution >= 4 is 95.3 Å². The van der Waals surface area contributed by atoms with E-state index in [0.29, 0.717) is 29.7 Å². The second kappa shape index (κ2) is 32.2. The lowest BCUT2D eigenvalue weighted by Crippen LogP contribution is -2.61. The number of rotatable bonds is 33. The van der Waals surface area contributed by atoms with Crippen LogP contribution in [0.1, 0.15) is 83.0 Å². The normalized spacial score (nSPS) is 14.2. The summed E-state index contributed by atoms with van der Waals surface area (Å²) in [5.74, 6) is -7.21. The fourth-order valence-corrected chi connectivity index (χ4v) is 8.85. The number of carbonyl (C=O) groups excluding carboxylic acids is 9. The zero-order valence-electron chi connectivity index (χ0n) is 44.3. The van der Waals surface area contributed by atoms with Crippen LogP contribution in [0.4, 0.5) is 0 Å². The van der Waals surface area contributed by atoms with Crippen LogP contribution in [0.15, 0.2) is 78.3 Å². The van der Waals surface area contributed by atoms with Crippen LogP contribution in [0, 0.1) is 5.92 Å². The lowest BCUT2D eigenvalue weighted by atomic mass is 10.0. The first-order valence-corrected chi connectivity index (χ1v) is 27.0. The molecule has 4 rings (SSSR count). The molecule has 2 aromatic heterocycles. The number of para-hydroxylation sites is 1. The molecular weight excluding hydrogens is 1040 g/mol. The number of hydrogen-bond acceptors (Lipinski definition) is 13. The summed E-state index contributed by atoms with van der Waals surface area (Å²) in [5, 5.41) is 22.3. The molecule has 0 aliphatic rings. The first-order valence-electron chi connectivity index (χ1n) is 25.8. The van der Waals surface area contributed by atoms with Crippen molar-refractivity contribution in [3.8, 4) is 0 Å². The van der Waals surface area contributed by atoms with Gasteiger partial charge in [-0.3, -0.25) is 48.1 Å². The minimum atomic E-state index is -1.39. The Bertz CT molecular complexity index is 2670.